The SMILES string of the molecule is O=C(CC1(O)C(=O)c2ccccc2C1=O)c1ccc2c(c1)C1(O)C(=O)c3ccccc3C1(O)O2. The van der Waals surface area contributed by atoms with Crippen LogP contribution in [0.15, 0.2) is 66.7 Å². The highest BCUT2D eigenvalue weighted by atomic mass is 16.7. The summed E-state index contributed by atoms with van der Waals surface area (Å²) < 4.78 is 5.60. The zero-order valence-electron chi connectivity index (χ0n) is 17.4. The molecule has 3 aromatic rings. The molecular formula is C26H16O8. The van der Waals surface area contributed by atoms with Crippen molar-refractivity contribution in [1.82, 2.24) is 0 Å². The van der Waals surface area contributed by atoms with Crippen LogP contribution in [0.25, 0.3) is 0 Å². The molecule has 3 aliphatic rings. The molecule has 0 bridgehead atoms. The van der Waals surface area contributed by atoms with Gasteiger partial charge in [0.05, 0.1) is 6.42 Å². The van der Waals surface area contributed by atoms with Crippen molar-refractivity contribution in [3.63, 3.8) is 0 Å². The molecule has 0 aromatic heterocycles. The maximum absolute atomic E-state index is 13.1. The van der Waals surface area contributed by atoms with Gasteiger partial charge in [-0.3, -0.25) is 19.2 Å². The average molecular weight is 456 g/mol. The van der Waals surface area contributed by atoms with E-state index in [1.807, 2.05) is 0 Å². The maximum Gasteiger partial charge on any atom is 0.276 e. The minimum Gasteiger partial charge on any atom is -0.454 e. The van der Waals surface area contributed by atoms with Crippen molar-refractivity contribution in [2.24, 2.45) is 0 Å². The molecule has 1 aliphatic heterocycles. The van der Waals surface area contributed by atoms with Crippen molar-refractivity contribution >= 4 is 23.1 Å². The molecule has 0 amide bonds. The molecule has 34 heavy (non-hydrogen) atoms. The Morgan fingerprint density at radius 1 is 0.735 bits per heavy atom. The number of hydrogen-bond donors (Lipinski definition) is 3. The molecule has 2 aliphatic carbocycles. The van der Waals surface area contributed by atoms with Crippen LogP contribution in [-0.4, -0.2) is 44.1 Å². The number of Topliss-reactive ketones (excluding diaryl/α,β-unsaturated/α-hetero) is 4. The van der Waals surface area contributed by atoms with Crippen LogP contribution in [0, 0.1) is 0 Å². The predicted molar refractivity (Wildman–Crippen MR) is 115 cm³/mol. The van der Waals surface area contributed by atoms with Gasteiger partial charge in [0.1, 0.15) is 5.75 Å². The first-order chi connectivity index (χ1) is 16.1. The van der Waals surface area contributed by atoms with Gasteiger partial charge in [-0.2, -0.15) is 0 Å². The molecule has 0 spiro atoms. The van der Waals surface area contributed by atoms with Crippen molar-refractivity contribution in [3.05, 3.63) is 100 Å². The summed E-state index contributed by atoms with van der Waals surface area (Å²) in [5.74, 6) is -5.64. The molecule has 168 valence electrons. The summed E-state index contributed by atoms with van der Waals surface area (Å²) >= 11 is 0. The summed E-state index contributed by atoms with van der Waals surface area (Å²) in [6.07, 6.45) is -0.824. The molecule has 8 heteroatoms. The van der Waals surface area contributed by atoms with Crippen molar-refractivity contribution in [3.8, 4) is 5.75 Å². The molecule has 1 heterocycles. The van der Waals surface area contributed by atoms with Gasteiger partial charge in [-0.15, -0.1) is 0 Å². The molecular weight excluding hydrogens is 440 g/mol. The number of benzene rings is 3. The van der Waals surface area contributed by atoms with E-state index in [4.69, 9.17) is 4.74 Å². The fourth-order valence-electron chi connectivity index (χ4n) is 5.11. The first kappa shape index (κ1) is 20.6. The number of ether oxygens (including phenoxy) is 1. The molecule has 2 unspecified atom stereocenters. The van der Waals surface area contributed by atoms with Gasteiger partial charge >= 0.3 is 0 Å². The van der Waals surface area contributed by atoms with Crippen LogP contribution < -0.4 is 4.74 Å². The summed E-state index contributed by atoms with van der Waals surface area (Å²) in [6, 6.07) is 15.8. The molecule has 6 rings (SSSR count). The van der Waals surface area contributed by atoms with E-state index in [1.54, 1.807) is 24.3 Å². The Bertz CT molecular complexity index is 1450. The third kappa shape index (κ3) is 2.22. The van der Waals surface area contributed by atoms with Crippen LogP contribution >= 0.6 is 0 Å². The average Bonchev–Trinajstić information content (AvgIpc) is 3.27. The van der Waals surface area contributed by atoms with E-state index in [2.05, 4.69) is 0 Å². The molecule has 0 saturated heterocycles. The highest BCUT2D eigenvalue weighted by Gasteiger charge is 2.70. The zero-order chi connectivity index (χ0) is 24.0. The van der Waals surface area contributed by atoms with Gasteiger partial charge in [-0.25, -0.2) is 0 Å². The maximum atomic E-state index is 13.1. The van der Waals surface area contributed by atoms with Crippen molar-refractivity contribution < 1.29 is 39.2 Å². The predicted octanol–water partition coefficient (Wildman–Crippen LogP) is 1.69. The third-order valence-corrected chi connectivity index (χ3v) is 6.89. The lowest BCUT2D eigenvalue weighted by Crippen LogP contribution is -2.48. The van der Waals surface area contributed by atoms with Gasteiger partial charge in [-0.05, 0) is 18.2 Å². The number of ketones is 4. The minimum atomic E-state index is -2.55. The standard InChI is InChI=1S/C26H16O8/c27-19(12-24(31)21(28)14-5-1-2-6-15(14)22(24)29)13-9-10-20-18(11-13)25(32)23(30)16-7-3-4-8-17(16)26(25,33)34-20/h1-11,31-33H,12H2. The van der Waals surface area contributed by atoms with Gasteiger partial charge < -0.3 is 20.1 Å². The molecule has 0 saturated carbocycles. The lowest BCUT2D eigenvalue weighted by atomic mass is 9.84. The summed E-state index contributed by atoms with van der Waals surface area (Å²) in [7, 11) is 0. The Morgan fingerprint density at radius 3 is 1.97 bits per heavy atom. The first-order valence-corrected chi connectivity index (χ1v) is 10.5. The highest BCUT2D eigenvalue weighted by molar-refractivity contribution is 6.33. The molecule has 2 atom stereocenters. The Labute approximate surface area is 192 Å². The minimum absolute atomic E-state index is 0.00328. The second-order valence-electron chi connectivity index (χ2n) is 8.71. The van der Waals surface area contributed by atoms with E-state index in [-0.39, 0.29) is 39.1 Å². The van der Waals surface area contributed by atoms with Crippen molar-refractivity contribution in [2.45, 2.75) is 23.4 Å². The number of aliphatic hydroxyl groups is 3. The molecule has 3 aromatic carbocycles. The molecule has 0 radical (unpaired) electrons. The van der Waals surface area contributed by atoms with Crippen LogP contribution in [0.5, 0.6) is 5.75 Å². The van der Waals surface area contributed by atoms with Crippen LogP contribution in [0.4, 0.5) is 0 Å². The smallest absolute Gasteiger partial charge is 0.276 e. The fraction of sp³-hybridized carbons (Fsp3) is 0.154. The third-order valence-electron chi connectivity index (χ3n) is 6.89. The van der Waals surface area contributed by atoms with E-state index >= 15 is 0 Å². The summed E-state index contributed by atoms with van der Waals surface area (Å²) in [6.45, 7) is 0. The highest BCUT2D eigenvalue weighted by Crippen LogP contribution is 2.58. The number of carbonyl (C=O) groups is 4. The van der Waals surface area contributed by atoms with E-state index < -0.39 is 46.5 Å². The second-order valence-corrected chi connectivity index (χ2v) is 8.71. The Morgan fingerprint density at radius 2 is 1.32 bits per heavy atom. The lowest BCUT2D eigenvalue weighted by molar-refractivity contribution is -0.224. The van der Waals surface area contributed by atoms with Gasteiger partial charge in [0, 0.05) is 33.4 Å². The summed E-state index contributed by atoms with van der Waals surface area (Å²) in [4.78, 5) is 51.6. The first-order valence-electron chi connectivity index (χ1n) is 10.5. The topological polar surface area (TPSA) is 138 Å². The van der Waals surface area contributed by atoms with E-state index in [9.17, 15) is 34.5 Å². The molecule has 0 fully saturated rings. The van der Waals surface area contributed by atoms with Gasteiger partial charge in [0.25, 0.3) is 5.79 Å². The van der Waals surface area contributed by atoms with Crippen molar-refractivity contribution in [1.29, 1.82) is 0 Å². The molecule has 3 N–H and O–H groups in total. The van der Waals surface area contributed by atoms with Gasteiger partial charge in [0.15, 0.2) is 11.4 Å². The normalized spacial score (nSPS) is 25.4. The molecule has 8 nitrogen and oxygen atoms in total. The van der Waals surface area contributed by atoms with Crippen LogP contribution in [0.2, 0.25) is 0 Å². The quantitative estimate of drug-likeness (QED) is 0.400. The van der Waals surface area contributed by atoms with Gasteiger partial charge in [-0.1, -0.05) is 48.5 Å². The second kappa shape index (κ2) is 6.32. The fourth-order valence-corrected chi connectivity index (χ4v) is 5.11. The number of carbonyl (C=O) groups excluding carboxylic acids is 4. The van der Waals surface area contributed by atoms with E-state index in [1.165, 1.54) is 42.5 Å². The largest absolute Gasteiger partial charge is 0.454 e. The van der Waals surface area contributed by atoms with Crippen LogP contribution in [0.1, 0.15) is 59.0 Å². The van der Waals surface area contributed by atoms with Crippen molar-refractivity contribution in [2.75, 3.05) is 0 Å². The summed E-state index contributed by atoms with van der Waals surface area (Å²) in [5, 5.41) is 33.5. The van der Waals surface area contributed by atoms with Crippen LogP contribution in [-0.2, 0) is 11.4 Å². The monoisotopic (exact) mass is 456 g/mol. The van der Waals surface area contributed by atoms with E-state index in [0.29, 0.717) is 0 Å². The number of fused-ring (bicyclic) bond motifs is 6. The Hall–Kier alpha value is -3.98. The van der Waals surface area contributed by atoms with E-state index in [0.717, 1.165) is 0 Å². The lowest BCUT2D eigenvalue weighted by Gasteiger charge is -2.28. The van der Waals surface area contributed by atoms with Crippen LogP contribution in [0.3, 0.4) is 0 Å². The number of rotatable bonds is 3. The Kier molecular flexibility index (Phi) is 3.83. The zero-order valence-corrected chi connectivity index (χ0v) is 17.4. The number of hydrogen-bond acceptors (Lipinski definition) is 8. The Balaban J connectivity index is 1.38. The summed E-state index contributed by atoms with van der Waals surface area (Å²) in [5.41, 5.74) is -4.97. The van der Waals surface area contributed by atoms with Gasteiger partial charge in [0.2, 0.25) is 23.0 Å².